The molecule has 4 unspecified atom stereocenters. The van der Waals surface area contributed by atoms with Gasteiger partial charge in [-0.1, -0.05) is 39.0 Å². The first-order valence-corrected chi connectivity index (χ1v) is 15.5. The molecule has 1 fully saturated rings. The minimum atomic E-state index is -0.893. The smallest absolute Gasteiger partial charge is 0.407 e. The monoisotopic (exact) mass is 601 g/mol. The fraction of sp³-hybridized carbons (Fsp3) is 0.688. The molecule has 240 valence electrons. The van der Waals surface area contributed by atoms with Crippen molar-refractivity contribution in [2.24, 2.45) is 23.0 Å². The van der Waals surface area contributed by atoms with Gasteiger partial charge in [-0.15, -0.1) is 0 Å². The number of amides is 4. The van der Waals surface area contributed by atoms with Crippen molar-refractivity contribution in [2.75, 3.05) is 38.2 Å². The van der Waals surface area contributed by atoms with Crippen LogP contribution in [0, 0.1) is 17.3 Å². The number of alkyl carbamates (subject to hydrolysis) is 1. The van der Waals surface area contributed by atoms with Crippen LogP contribution in [-0.2, 0) is 25.5 Å². The fourth-order valence-corrected chi connectivity index (χ4v) is 6.26. The van der Waals surface area contributed by atoms with Crippen molar-refractivity contribution in [3.05, 3.63) is 29.8 Å². The van der Waals surface area contributed by atoms with E-state index in [4.69, 9.17) is 10.5 Å². The van der Waals surface area contributed by atoms with Gasteiger partial charge in [-0.3, -0.25) is 14.4 Å². The number of hydrogen-bond donors (Lipinski definition) is 4. The number of anilines is 1. The summed E-state index contributed by atoms with van der Waals surface area (Å²) in [7, 11) is 1.31. The van der Waals surface area contributed by atoms with Gasteiger partial charge < -0.3 is 36.0 Å². The number of carbonyl (C=O) groups excluding carboxylic acids is 4. The molecule has 1 saturated heterocycles. The van der Waals surface area contributed by atoms with Crippen LogP contribution >= 0.6 is 0 Å². The topological polar surface area (TPSA) is 154 Å². The number of hydrogen-bond acceptors (Lipinski definition) is 7. The summed E-state index contributed by atoms with van der Waals surface area (Å²) in [5.74, 6) is -0.00255. The Morgan fingerprint density at radius 1 is 1.16 bits per heavy atom. The first-order valence-electron chi connectivity index (χ1n) is 15.5. The van der Waals surface area contributed by atoms with E-state index < -0.39 is 29.6 Å². The number of carbonyl (C=O) groups is 4. The number of piperidine rings is 1. The van der Waals surface area contributed by atoms with Crippen LogP contribution in [0.15, 0.2) is 24.3 Å². The Bertz CT molecular complexity index is 1120. The Morgan fingerprint density at radius 2 is 1.84 bits per heavy atom. The molecule has 0 spiro atoms. The van der Waals surface area contributed by atoms with Gasteiger partial charge in [0.15, 0.2) is 0 Å². The normalized spacial score (nSPS) is 19.6. The van der Waals surface area contributed by atoms with E-state index >= 15 is 0 Å². The second kappa shape index (κ2) is 15.5. The van der Waals surface area contributed by atoms with Gasteiger partial charge in [0.1, 0.15) is 0 Å². The third kappa shape index (κ3) is 10.2. The highest BCUT2D eigenvalue weighted by Gasteiger charge is 2.34. The number of aliphatic hydroxyl groups is 1. The van der Waals surface area contributed by atoms with E-state index in [0.29, 0.717) is 31.8 Å². The second-order valence-corrected chi connectivity index (χ2v) is 13.1. The number of aliphatic hydroxyl groups excluding tert-OH is 1. The van der Waals surface area contributed by atoms with Crippen LogP contribution < -0.4 is 21.3 Å². The van der Waals surface area contributed by atoms with Crippen LogP contribution in [0.25, 0.3) is 0 Å². The highest BCUT2D eigenvalue weighted by Crippen LogP contribution is 2.33. The van der Waals surface area contributed by atoms with Crippen LogP contribution in [-0.4, -0.2) is 85.3 Å². The zero-order valence-electron chi connectivity index (χ0n) is 26.4. The van der Waals surface area contributed by atoms with Crippen molar-refractivity contribution < 1.29 is 29.0 Å². The molecule has 2 aliphatic rings. The van der Waals surface area contributed by atoms with Gasteiger partial charge in [0.2, 0.25) is 17.7 Å². The Labute approximate surface area is 255 Å². The lowest BCUT2D eigenvalue weighted by atomic mass is 9.79. The van der Waals surface area contributed by atoms with Crippen LogP contribution in [0.3, 0.4) is 0 Å². The minimum Gasteiger partial charge on any atom is -0.453 e. The summed E-state index contributed by atoms with van der Waals surface area (Å²) in [6.07, 6.45) is 2.77. The van der Waals surface area contributed by atoms with Crippen LogP contribution in [0.5, 0.6) is 0 Å². The summed E-state index contributed by atoms with van der Waals surface area (Å²) >= 11 is 0. The number of nitrogens with zero attached hydrogens (tertiary/aromatic N) is 2. The van der Waals surface area contributed by atoms with Crippen molar-refractivity contribution in [3.63, 3.8) is 0 Å². The lowest BCUT2D eigenvalue weighted by Gasteiger charge is -2.37. The number of nitrogens with two attached hydrogens (primary N) is 1. The van der Waals surface area contributed by atoms with Gasteiger partial charge in [0, 0.05) is 57.2 Å². The Balaban J connectivity index is 1.46. The van der Waals surface area contributed by atoms with Crippen molar-refractivity contribution in [1.29, 1.82) is 0 Å². The number of fused-ring (bicyclic) bond motifs is 1. The van der Waals surface area contributed by atoms with E-state index in [-0.39, 0.29) is 36.6 Å². The van der Waals surface area contributed by atoms with Crippen molar-refractivity contribution in [2.45, 2.75) is 90.8 Å². The first-order chi connectivity index (χ1) is 20.3. The Kier molecular flexibility index (Phi) is 12.4. The van der Waals surface area contributed by atoms with Crippen molar-refractivity contribution in [3.8, 4) is 0 Å². The molecule has 11 nitrogen and oxygen atoms in total. The number of nitrogens with one attached hydrogen (secondary N) is 2. The van der Waals surface area contributed by atoms with Crippen LogP contribution in [0.2, 0.25) is 0 Å². The summed E-state index contributed by atoms with van der Waals surface area (Å²) < 4.78 is 4.75. The maximum Gasteiger partial charge on any atom is 0.407 e. The summed E-state index contributed by atoms with van der Waals surface area (Å²) in [5, 5.41) is 16.7. The van der Waals surface area contributed by atoms with Gasteiger partial charge in [0.05, 0.1) is 19.3 Å². The molecule has 0 aromatic heterocycles. The third-order valence-corrected chi connectivity index (χ3v) is 8.83. The van der Waals surface area contributed by atoms with Gasteiger partial charge in [-0.2, -0.15) is 0 Å². The molecule has 43 heavy (non-hydrogen) atoms. The highest BCUT2D eigenvalue weighted by molar-refractivity contribution is 5.95. The zero-order valence-corrected chi connectivity index (χ0v) is 26.4. The molecular formula is C32H51N5O6. The fourth-order valence-electron chi connectivity index (χ4n) is 6.26. The largest absolute Gasteiger partial charge is 0.453 e. The minimum absolute atomic E-state index is 0.0878. The van der Waals surface area contributed by atoms with E-state index in [9.17, 15) is 24.3 Å². The van der Waals surface area contributed by atoms with Crippen LogP contribution in [0.1, 0.15) is 71.8 Å². The number of rotatable bonds is 12. The molecule has 3 rings (SSSR count). The van der Waals surface area contributed by atoms with Crippen LogP contribution in [0.4, 0.5) is 10.5 Å². The predicted octanol–water partition coefficient (Wildman–Crippen LogP) is 2.59. The van der Waals surface area contributed by atoms with E-state index in [2.05, 4.69) is 10.6 Å². The van der Waals surface area contributed by atoms with Gasteiger partial charge in [-0.25, -0.2) is 4.79 Å². The number of ether oxygens (including phenoxy) is 1. The summed E-state index contributed by atoms with van der Waals surface area (Å²) in [6, 6.07) is 6.79. The number of likely N-dealkylation sites (tertiary alicyclic amines) is 1. The lowest BCUT2D eigenvalue weighted by Crippen LogP contribution is -2.51. The predicted molar refractivity (Wildman–Crippen MR) is 165 cm³/mol. The molecule has 4 atom stereocenters. The second-order valence-electron chi connectivity index (χ2n) is 13.1. The molecule has 1 aromatic carbocycles. The number of para-hydroxylation sites is 1. The van der Waals surface area contributed by atoms with Gasteiger partial charge >= 0.3 is 6.09 Å². The molecule has 0 aliphatic carbocycles. The van der Waals surface area contributed by atoms with Gasteiger partial charge in [-0.05, 0) is 61.5 Å². The summed E-state index contributed by atoms with van der Waals surface area (Å²) in [4.78, 5) is 53.2. The number of benzene rings is 1. The van der Waals surface area contributed by atoms with Crippen molar-refractivity contribution >= 4 is 29.5 Å². The molecule has 0 saturated carbocycles. The zero-order chi connectivity index (χ0) is 31.7. The SMILES string of the molecule is COC(=O)NC1Cc2ccccc2N(C(=O)CC(C)(C)CC(N)C(O)CC(C)C(=O)NCCC2CCN(C(C)=O)CC2)C1. The van der Waals surface area contributed by atoms with E-state index in [1.807, 2.05) is 43.0 Å². The third-order valence-electron chi connectivity index (χ3n) is 8.83. The molecule has 2 aliphatic heterocycles. The van der Waals surface area contributed by atoms with E-state index in [1.165, 1.54) is 7.11 Å². The van der Waals surface area contributed by atoms with E-state index in [0.717, 1.165) is 43.6 Å². The summed E-state index contributed by atoms with van der Waals surface area (Å²) in [5.41, 5.74) is 7.70. The molecule has 5 N–H and O–H groups in total. The van der Waals surface area contributed by atoms with E-state index in [1.54, 1.807) is 18.7 Å². The Morgan fingerprint density at radius 3 is 2.49 bits per heavy atom. The maximum atomic E-state index is 13.6. The molecule has 0 radical (unpaired) electrons. The molecule has 4 amide bonds. The molecule has 0 bridgehead atoms. The molecule has 2 heterocycles. The summed E-state index contributed by atoms with van der Waals surface area (Å²) in [6.45, 7) is 9.74. The molecular weight excluding hydrogens is 550 g/mol. The molecule has 11 heteroatoms. The van der Waals surface area contributed by atoms with Gasteiger partial charge in [0.25, 0.3) is 0 Å². The average Bonchev–Trinajstić information content (AvgIpc) is 2.96. The highest BCUT2D eigenvalue weighted by atomic mass is 16.5. The lowest BCUT2D eigenvalue weighted by molar-refractivity contribution is -0.130. The number of methoxy groups -OCH3 is 1. The average molecular weight is 602 g/mol. The quantitative estimate of drug-likeness (QED) is 0.287. The standard InChI is InChI=1S/C32H51N5O6/c1-21(30(41)34-13-10-23-11-14-36(15-12-23)22(2)38)16-28(39)26(33)18-32(3,4)19-29(40)37-20-25(35-31(42)43-5)17-24-8-6-7-9-27(24)37/h6-9,21,23,25-26,28,39H,10-20,33H2,1-5H3,(H,34,41)(H,35,42). The maximum absolute atomic E-state index is 13.6. The first kappa shape index (κ1) is 34.3. The Hall–Kier alpha value is -3.18. The van der Waals surface area contributed by atoms with Crippen molar-refractivity contribution in [1.82, 2.24) is 15.5 Å². The molecule has 1 aromatic rings.